The van der Waals surface area contributed by atoms with Crippen LogP contribution in [0.4, 0.5) is 4.39 Å². The molecule has 0 bridgehead atoms. The molecule has 122 valence electrons. The molecule has 7 heteroatoms. The number of hydrogen-bond donors (Lipinski definition) is 1. The van der Waals surface area contributed by atoms with Crippen molar-refractivity contribution in [3.8, 4) is 0 Å². The molecule has 2 rings (SSSR count). The summed E-state index contributed by atoms with van der Waals surface area (Å²) >= 11 is 0. The molecule has 1 N–H and O–H groups in total. The predicted molar refractivity (Wildman–Crippen MR) is 81.1 cm³/mol. The molecule has 23 heavy (non-hydrogen) atoms. The van der Waals surface area contributed by atoms with Crippen LogP contribution in [0.25, 0.3) is 0 Å². The average Bonchev–Trinajstić information content (AvgIpc) is 2.94. The molecule has 0 aliphatic rings. The van der Waals surface area contributed by atoms with E-state index in [1.807, 2.05) is 0 Å². The maximum atomic E-state index is 13.1. The summed E-state index contributed by atoms with van der Waals surface area (Å²) in [5.74, 6) is -1.19. The summed E-state index contributed by atoms with van der Waals surface area (Å²) in [6.07, 6.45) is 2.97. The second-order valence-corrected chi connectivity index (χ2v) is 4.99. The van der Waals surface area contributed by atoms with Gasteiger partial charge in [0.15, 0.2) is 0 Å². The number of halogens is 1. The molecule has 1 atom stereocenters. The lowest BCUT2D eigenvalue weighted by atomic mass is 10.0. The van der Waals surface area contributed by atoms with Crippen LogP contribution in [0, 0.1) is 5.82 Å². The van der Waals surface area contributed by atoms with Crippen LogP contribution in [0.15, 0.2) is 36.7 Å². The van der Waals surface area contributed by atoms with Crippen molar-refractivity contribution >= 4 is 11.9 Å². The topological polar surface area (TPSA) is 73.2 Å². The molecule has 0 radical (unpaired) electrons. The summed E-state index contributed by atoms with van der Waals surface area (Å²) in [4.78, 5) is 24.0. The van der Waals surface area contributed by atoms with Crippen molar-refractivity contribution < 1.29 is 18.7 Å². The number of nitrogens with one attached hydrogen (secondary N) is 1. The quantitative estimate of drug-likeness (QED) is 0.826. The molecule has 0 spiro atoms. The van der Waals surface area contributed by atoms with Crippen LogP contribution in [-0.2, 0) is 16.6 Å². The van der Waals surface area contributed by atoms with Crippen LogP contribution in [0.1, 0.15) is 35.3 Å². The van der Waals surface area contributed by atoms with E-state index in [0.717, 1.165) is 0 Å². The largest absolute Gasteiger partial charge is 0.466 e. The molecule has 6 nitrogen and oxygen atoms in total. The van der Waals surface area contributed by atoms with E-state index in [-0.39, 0.29) is 24.8 Å². The van der Waals surface area contributed by atoms with Gasteiger partial charge in [-0.25, -0.2) is 4.39 Å². The van der Waals surface area contributed by atoms with Gasteiger partial charge in [-0.05, 0) is 24.6 Å². The fraction of sp³-hybridized carbons (Fsp3) is 0.312. The van der Waals surface area contributed by atoms with E-state index >= 15 is 0 Å². The molecule has 1 aromatic heterocycles. The van der Waals surface area contributed by atoms with E-state index in [4.69, 9.17) is 4.74 Å². The monoisotopic (exact) mass is 319 g/mol. The number of ether oxygens (including phenoxy) is 1. The van der Waals surface area contributed by atoms with Gasteiger partial charge in [0.2, 0.25) is 0 Å². The van der Waals surface area contributed by atoms with Crippen molar-refractivity contribution in [1.82, 2.24) is 15.1 Å². The average molecular weight is 319 g/mol. The van der Waals surface area contributed by atoms with E-state index < -0.39 is 12.0 Å². The summed E-state index contributed by atoms with van der Waals surface area (Å²) in [6, 6.07) is 5.02. The summed E-state index contributed by atoms with van der Waals surface area (Å²) < 4.78 is 19.5. The van der Waals surface area contributed by atoms with Crippen molar-refractivity contribution in [3.05, 3.63) is 53.6 Å². The lowest BCUT2D eigenvalue weighted by Gasteiger charge is -2.18. The Labute approximate surface area is 133 Å². The van der Waals surface area contributed by atoms with Gasteiger partial charge in [0.05, 0.1) is 30.8 Å². The van der Waals surface area contributed by atoms with Crippen LogP contribution in [0.2, 0.25) is 0 Å². The van der Waals surface area contributed by atoms with E-state index in [0.29, 0.717) is 11.1 Å². The summed E-state index contributed by atoms with van der Waals surface area (Å²) in [5, 5.41) is 6.69. The molecule has 0 saturated carbocycles. The van der Waals surface area contributed by atoms with Crippen molar-refractivity contribution in [2.24, 2.45) is 7.05 Å². The van der Waals surface area contributed by atoms with Crippen LogP contribution >= 0.6 is 0 Å². The highest BCUT2D eigenvalue weighted by Gasteiger charge is 2.20. The van der Waals surface area contributed by atoms with Crippen molar-refractivity contribution in [3.63, 3.8) is 0 Å². The number of carbonyl (C=O) groups is 2. The third-order valence-electron chi connectivity index (χ3n) is 3.22. The number of benzene rings is 1. The number of nitrogens with zero attached hydrogens (tertiary/aromatic N) is 2. The predicted octanol–water partition coefficient (Wildman–Crippen LogP) is 1.98. The van der Waals surface area contributed by atoms with Gasteiger partial charge in [0, 0.05) is 13.2 Å². The first-order valence-corrected chi connectivity index (χ1v) is 7.20. The Morgan fingerprint density at radius 3 is 2.61 bits per heavy atom. The van der Waals surface area contributed by atoms with Crippen LogP contribution in [0.3, 0.4) is 0 Å². The van der Waals surface area contributed by atoms with E-state index in [1.54, 1.807) is 20.2 Å². The first kappa shape index (κ1) is 16.7. The van der Waals surface area contributed by atoms with Crippen molar-refractivity contribution in [1.29, 1.82) is 0 Å². The van der Waals surface area contributed by atoms with Crippen molar-refractivity contribution in [2.75, 3.05) is 6.61 Å². The number of aromatic nitrogens is 2. The Hall–Kier alpha value is -2.70. The number of carbonyl (C=O) groups excluding carboxylic acids is 2. The highest BCUT2D eigenvalue weighted by atomic mass is 19.1. The maximum Gasteiger partial charge on any atom is 0.308 e. The molecular weight excluding hydrogens is 301 g/mol. The lowest BCUT2D eigenvalue weighted by Crippen LogP contribution is -2.30. The Balaban J connectivity index is 2.17. The van der Waals surface area contributed by atoms with Gasteiger partial charge in [0.1, 0.15) is 5.82 Å². The van der Waals surface area contributed by atoms with Crippen LogP contribution < -0.4 is 5.32 Å². The van der Waals surface area contributed by atoms with E-state index in [1.165, 1.54) is 35.1 Å². The Morgan fingerprint density at radius 2 is 2.04 bits per heavy atom. The second kappa shape index (κ2) is 7.53. The zero-order valence-corrected chi connectivity index (χ0v) is 13.0. The Bertz CT molecular complexity index is 682. The molecule has 0 unspecified atom stereocenters. The van der Waals surface area contributed by atoms with Crippen LogP contribution in [0.5, 0.6) is 0 Å². The number of amides is 1. The highest BCUT2D eigenvalue weighted by Crippen LogP contribution is 2.19. The lowest BCUT2D eigenvalue weighted by molar-refractivity contribution is -0.143. The molecule has 1 amide bonds. The van der Waals surface area contributed by atoms with Gasteiger partial charge in [-0.3, -0.25) is 14.3 Å². The number of aryl methyl sites for hydroxylation is 1. The van der Waals surface area contributed by atoms with E-state index in [9.17, 15) is 14.0 Å². The number of rotatable bonds is 6. The number of hydrogen-bond acceptors (Lipinski definition) is 4. The highest BCUT2D eigenvalue weighted by molar-refractivity contribution is 5.94. The first-order chi connectivity index (χ1) is 11.0. The molecule has 1 aromatic carbocycles. The summed E-state index contributed by atoms with van der Waals surface area (Å²) in [7, 11) is 1.70. The molecule has 0 aliphatic carbocycles. The minimum Gasteiger partial charge on any atom is -0.466 e. The standard InChI is InChI=1S/C16H18FN3O3/c1-3-23-15(21)8-14(11-4-6-13(17)7-5-11)19-16(22)12-9-18-20(2)10-12/h4-7,9-10,14H,3,8H2,1-2H3,(H,19,22)/t14-/m0/s1. The first-order valence-electron chi connectivity index (χ1n) is 7.20. The molecule has 0 fully saturated rings. The fourth-order valence-electron chi connectivity index (χ4n) is 2.11. The number of esters is 1. The van der Waals surface area contributed by atoms with Gasteiger partial charge in [-0.15, -0.1) is 0 Å². The fourth-order valence-corrected chi connectivity index (χ4v) is 2.11. The minimum atomic E-state index is -0.609. The van der Waals surface area contributed by atoms with Gasteiger partial charge in [-0.1, -0.05) is 12.1 Å². The van der Waals surface area contributed by atoms with Crippen LogP contribution in [-0.4, -0.2) is 28.3 Å². The van der Waals surface area contributed by atoms with Gasteiger partial charge in [0.25, 0.3) is 5.91 Å². The summed E-state index contributed by atoms with van der Waals surface area (Å²) in [6.45, 7) is 1.96. The molecule has 1 heterocycles. The van der Waals surface area contributed by atoms with E-state index in [2.05, 4.69) is 10.4 Å². The van der Waals surface area contributed by atoms with Gasteiger partial charge < -0.3 is 10.1 Å². The third kappa shape index (κ3) is 4.64. The molecule has 2 aromatic rings. The SMILES string of the molecule is CCOC(=O)C[C@H](NC(=O)c1cnn(C)c1)c1ccc(F)cc1. The normalized spacial score (nSPS) is 11.8. The summed E-state index contributed by atoms with van der Waals surface area (Å²) in [5.41, 5.74) is 1.00. The molecule has 0 saturated heterocycles. The maximum absolute atomic E-state index is 13.1. The van der Waals surface area contributed by atoms with Gasteiger partial charge in [-0.2, -0.15) is 5.10 Å². The Kier molecular flexibility index (Phi) is 5.46. The molecular formula is C16H18FN3O3. The zero-order valence-electron chi connectivity index (χ0n) is 13.0. The smallest absolute Gasteiger partial charge is 0.308 e. The zero-order chi connectivity index (χ0) is 16.8. The minimum absolute atomic E-state index is 0.0362. The second-order valence-electron chi connectivity index (χ2n) is 4.99. The third-order valence-corrected chi connectivity index (χ3v) is 3.22. The van der Waals surface area contributed by atoms with Crippen molar-refractivity contribution in [2.45, 2.75) is 19.4 Å². The Morgan fingerprint density at radius 1 is 1.35 bits per heavy atom. The van der Waals surface area contributed by atoms with Gasteiger partial charge >= 0.3 is 5.97 Å². The molecule has 0 aliphatic heterocycles.